The van der Waals surface area contributed by atoms with E-state index in [1.807, 2.05) is 6.92 Å². The van der Waals surface area contributed by atoms with Crippen LogP contribution in [0.1, 0.15) is 18.4 Å². The van der Waals surface area contributed by atoms with Crippen molar-refractivity contribution in [1.82, 2.24) is 0 Å². The van der Waals surface area contributed by atoms with Crippen LogP contribution in [-0.4, -0.2) is 25.3 Å². The second-order valence-electron chi connectivity index (χ2n) is 4.51. The van der Waals surface area contributed by atoms with Gasteiger partial charge in [-0.2, -0.15) is 0 Å². The highest BCUT2D eigenvalue weighted by Crippen LogP contribution is 2.28. The molecule has 0 radical (unpaired) electrons. The van der Waals surface area contributed by atoms with E-state index < -0.39 is 10.0 Å². The summed E-state index contributed by atoms with van der Waals surface area (Å²) in [6.07, 6.45) is 1.91. The van der Waals surface area contributed by atoms with Crippen molar-refractivity contribution < 1.29 is 13.2 Å². The van der Waals surface area contributed by atoms with E-state index >= 15 is 0 Å². The molecule has 0 aliphatic carbocycles. The zero-order valence-electron chi connectivity index (χ0n) is 10.5. The van der Waals surface area contributed by atoms with Gasteiger partial charge in [0.2, 0.25) is 15.9 Å². The molecule has 1 atom stereocenters. The zero-order chi connectivity index (χ0) is 14.0. The number of anilines is 1. The number of amides is 1. The number of hydrogen-bond donors (Lipinski definition) is 2. The summed E-state index contributed by atoms with van der Waals surface area (Å²) in [5.74, 6) is 0.922. The number of sulfonamides is 1. The number of nitrogens with one attached hydrogen (secondary N) is 1. The fourth-order valence-electron chi connectivity index (χ4n) is 1.91. The van der Waals surface area contributed by atoms with Crippen LogP contribution in [-0.2, 0) is 14.8 Å². The van der Waals surface area contributed by atoms with Gasteiger partial charge in [0.15, 0.2) is 0 Å². The number of primary sulfonamides is 1. The number of aryl methyl sites for hydroxylation is 1. The van der Waals surface area contributed by atoms with Crippen LogP contribution < -0.4 is 10.5 Å². The number of hydrogen-bond acceptors (Lipinski definition) is 4. The third kappa shape index (κ3) is 3.49. The number of benzene rings is 1. The Morgan fingerprint density at radius 3 is 2.79 bits per heavy atom. The molecule has 2 rings (SSSR count). The van der Waals surface area contributed by atoms with Crippen LogP contribution in [0.2, 0.25) is 0 Å². The molecule has 1 amide bonds. The summed E-state index contributed by atoms with van der Waals surface area (Å²) in [4.78, 5) is 12.0. The Morgan fingerprint density at radius 2 is 2.21 bits per heavy atom. The minimum absolute atomic E-state index is 0.00692. The number of carbonyl (C=O) groups excluding carboxylic acids is 1. The van der Waals surface area contributed by atoms with E-state index in [9.17, 15) is 13.2 Å². The Bertz CT molecular complexity index is 593. The van der Waals surface area contributed by atoms with E-state index in [0.29, 0.717) is 5.69 Å². The first-order valence-corrected chi connectivity index (χ1v) is 8.53. The molecule has 1 aromatic rings. The molecule has 1 aliphatic rings. The Kier molecular flexibility index (Phi) is 4.17. The van der Waals surface area contributed by atoms with Gasteiger partial charge in [-0.05, 0) is 43.2 Å². The SMILES string of the molecule is Cc1ccc(S(N)(=O)=O)cc1NC(=O)C1CCCS1. The molecule has 0 bridgehead atoms. The van der Waals surface area contributed by atoms with Crippen LogP contribution in [0.25, 0.3) is 0 Å². The first-order valence-electron chi connectivity index (χ1n) is 5.94. The van der Waals surface area contributed by atoms with Gasteiger partial charge in [0.05, 0.1) is 10.1 Å². The maximum absolute atomic E-state index is 12.0. The van der Waals surface area contributed by atoms with Crippen molar-refractivity contribution in [2.75, 3.05) is 11.1 Å². The van der Waals surface area contributed by atoms with Crippen molar-refractivity contribution in [3.05, 3.63) is 23.8 Å². The molecule has 1 fully saturated rings. The molecule has 0 spiro atoms. The second kappa shape index (κ2) is 5.52. The fraction of sp³-hybridized carbons (Fsp3) is 0.417. The van der Waals surface area contributed by atoms with E-state index in [1.165, 1.54) is 12.1 Å². The van der Waals surface area contributed by atoms with Crippen LogP contribution in [0.3, 0.4) is 0 Å². The number of carbonyl (C=O) groups is 1. The standard InChI is InChI=1S/C12H16N2O3S2/c1-8-4-5-9(19(13,16)17)7-10(8)14-12(15)11-3-2-6-18-11/h4-5,7,11H,2-3,6H2,1H3,(H,14,15)(H2,13,16,17). The van der Waals surface area contributed by atoms with Gasteiger partial charge in [0.25, 0.3) is 0 Å². The normalized spacial score (nSPS) is 19.4. The molecule has 1 unspecified atom stereocenters. The molecule has 1 saturated heterocycles. The molecule has 3 N–H and O–H groups in total. The Balaban J connectivity index is 2.22. The summed E-state index contributed by atoms with van der Waals surface area (Å²) < 4.78 is 22.6. The first-order chi connectivity index (χ1) is 8.88. The van der Waals surface area contributed by atoms with E-state index in [4.69, 9.17) is 5.14 Å². The quantitative estimate of drug-likeness (QED) is 0.884. The van der Waals surface area contributed by atoms with Crippen LogP contribution in [0.4, 0.5) is 5.69 Å². The highest BCUT2D eigenvalue weighted by Gasteiger charge is 2.24. The molecular formula is C12H16N2O3S2. The Morgan fingerprint density at radius 1 is 1.47 bits per heavy atom. The Hall–Kier alpha value is -1.05. The third-order valence-corrected chi connectivity index (χ3v) is 5.31. The largest absolute Gasteiger partial charge is 0.325 e. The molecule has 1 heterocycles. The van der Waals surface area contributed by atoms with Gasteiger partial charge in [0, 0.05) is 5.69 Å². The van der Waals surface area contributed by atoms with E-state index in [-0.39, 0.29) is 16.1 Å². The Labute approximate surface area is 117 Å². The van der Waals surface area contributed by atoms with Gasteiger partial charge in [-0.15, -0.1) is 11.8 Å². The van der Waals surface area contributed by atoms with Crippen molar-refractivity contribution in [2.45, 2.75) is 29.9 Å². The van der Waals surface area contributed by atoms with Crippen molar-refractivity contribution in [3.63, 3.8) is 0 Å². The average molecular weight is 300 g/mol. The summed E-state index contributed by atoms with van der Waals surface area (Å²) in [5.41, 5.74) is 1.31. The predicted octanol–water partition coefficient (Wildman–Crippen LogP) is 1.48. The molecule has 7 heteroatoms. The first kappa shape index (κ1) is 14.4. The topological polar surface area (TPSA) is 89.3 Å². The highest BCUT2D eigenvalue weighted by atomic mass is 32.2. The maximum atomic E-state index is 12.0. The monoisotopic (exact) mass is 300 g/mol. The number of rotatable bonds is 3. The van der Waals surface area contributed by atoms with Crippen molar-refractivity contribution in [1.29, 1.82) is 0 Å². The molecule has 0 aromatic heterocycles. The van der Waals surface area contributed by atoms with Gasteiger partial charge in [-0.1, -0.05) is 6.07 Å². The lowest BCUT2D eigenvalue weighted by molar-refractivity contribution is -0.115. The molecule has 1 aliphatic heterocycles. The number of nitrogens with two attached hydrogens (primary N) is 1. The summed E-state index contributed by atoms with van der Waals surface area (Å²) >= 11 is 1.63. The van der Waals surface area contributed by atoms with Crippen molar-refractivity contribution in [3.8, 4) is 0 Å². The smallest absolute Gasteiger partial charge is 0.238 e. The lowest BCUT2D eigenvalue weighted by Crippen LogP contribution is -2.23. The molecule has 104 valence electrons. The lowest BCUT2D eigenvalue weighted by atomic mass is 10.2. The molecule has 19 heavy (non-hydrogen) atoms. The highest BCUT2D eigenvalue weighted by molar-refractivity contribution is 8.00. The van der Waals surface area contributed by atoms with Crippen molar-refractivity contribution in [2.24, 2.45) is 5.14 Å². The summed E-state index contributed by atoms with van der Waals surface area (Å²) in [7, 11) is -3.75. The average Bonchev–Trinajstić information content (AvgIpc) is 2.84. The van der Waals surface area contributed by atoms with Gasteiger partial charge >= 0.3 is 0 Å². The molecular weight excluding hydrogens is 284 g/mol. The van der Waals surface area contributed by atoms with Crippen molar-refractivity contribution >= 4 is 33.4 Å². The molecule has 0 saturated carbocycles. The van der Waals surface area contributed by atoms with Gasteiger partial charge in [-0.3, -0.25) is 4.79 Å². The fourth-order valence-corrected chi connectivity index (χ4v) is 3.61. The van der Waals surface area contributed by atoms with Crippen LogP contribution in [0.5, 0.6) is 0 Å². The van der Waals surface area contributed by atoms with Crippen LogP contribution in [0, 0.1) is 6.92 Å². The van der Waals surface area contributed by atoms with Gasteiger partial charge < -0.3 is 5.32 Å². The van der Waals surface area contributed by atoms with E-state index in [2.05, 4.69) is 5.32 Å². The van der Waals surface area contributed by atoms with E-state index in [0.717, 1.165) is 24.2 Å². The van der Waals surface area contributed by atoms with Gasteiger partial charge in [-0.25, -0.2) is 13.6 Å². The zero-order valence-corrected chi connectivity index (χ0v) is 12.2. The lowest BCUT2D eigenvalue weighted by Gasteiger charge is -2.13. The molecule has 1 aromatic carbocycles. The summed E-state index contributed by atoms with van der Waals surface area (Å²) in [6, 6.07) is 4.48. The van der Waals surface area contributed by atoms with Crippen LogP contribution in [0.15, 0.2) is 23.1 Å². The van der Waals surface area contributed by atoms with Crippen LogP contribution >= 0.6 is 11.8 Å². The maximum Gasteiger partial charge on any atom is 0.238 e. The van der Waals surface area contributed by atoms with Gasteiger partial charge in [0.1, 0.15) is 0 Å². The third-order valence-electron chi connectivity index (χ3n) is 3.02. The summed E-state index contributed by atoms with van der Waals surface area (Å²) in [6.45, 7) is 1.81. The summed E-state index contributed by atoms with van der Waals surface area (Å²) in [5, 5.41) is 7.82. The predicted molar refractivity (Wildman–Crippen MR) is 76.7 cm³/mol. The van der Waals surface area contributed by atoms with E-state index in [1.54, 1.807) is 17.8 Å². The number of thioether (sulfide) groups is 1. The second-order valence-corrected chi connectivity index (χ2v) is 7.38. The minimum atomic E-state index is -3.75. The molecule has 5 nitrogen and oxygen atoms in total. The minimum Gasteiger partial charge on any atom is -0.325 e.